The van der Waals surface area contributed by atoms with Gasteiger partial charge in [-0.05, 0) is 26.2 Å². The van der Waals surface area contributed by atoms with E-state index in [0.717, 1.165) is 38.5 Å². The van der Waals surface area contributed by atoms with Crippen LogP contribution in [0.3, 0.4) is 0 Å². The van der Waals surface area contributed by atoms with E-state index in [9.17, 15) is 4.79 Å². The van der Waals surface area contributed by atoms with Gasteiger partial charge in [-0.1, -0.05) is 25.7 Å². The molecule has 1 N–H and O–H groups in total. The molecular weight excluding hydrogens is 206 g/mol. The molecular formula is C12H23NO3. The second kappa shape index (κ2) is 12.0. The fourth-order valence-corrected chi connectivity index (χ4v) is 1.50. The second-order valence-electron chi connectivity index (χ2n) is 3.76. The Morgan fingerprint density at radius 2 is 1.81 bits per heavy atom. The molecule has 0 aromatic carbocycles. The van der Waals surface area contributed by atoms with Crippen LogP contribution >= 0.6 is 0 Å². The fourth-order valence-electron chi connectivity index (χ4n) is 1.50. The molecule has 0 aliphatic heterocycles. The number of rotatable bonds is 10. The van der Waals surface area contributed by atoms with Crippen LogP contribution in [0, 0.1) is 0 Å². The minimum Gasteiger partial charge on any atom is -0.466 e. The van der Waals surface area contributed by atoms with E-state index in [2.05, 4.69) is 5.16 Å². The molecule has 0 saturated carbocycles. The van der Waals surface area contributed by atoms with E-state index in [1.807, 2.05) is 6.92 Å². The molecule has 0 atom stereocenters. The largest absolute Gasteiger partial charge is 0.466 e. The van der Waals surface area contributed by atoms with Crippen LogP contribution in [0.2, 0.25) is 0 Å². The molecule has 16 heavy (non-hydrogen) atoms. The Hall–Kier alpha value is -1.06. The van der Waals surface area contributed by atoms with Crippen LogP contribution in [0.15, 0.2) is 5.16 Å². The maximum absolute atomic E-state index is 11.0. The maximum Gasteiger partial charge on any atom is 0.305 e. The maximum atomic E-state index is 11.0. The molecule has 0 radical (unpaired) electrons. The van der Waals surface area contributed by atoms with Gasteiger partial charge in [0.1, 0.15) is 0 Å². The summed E-state index contributed by atoms with van der Waals surface area (Å²) in [4.78, 5) is 11.0. The molecule has 0 bridgehead atoms. The number of nitrogens with zero attached hydrogens (tertiary/aromatic N) is 1. The molecule has 0 aliphatic rings. The molecule has 4 heteroatoms. The van der Waals surface area contributed by atoms with Gasteiger partial charge in [-0.2, -0.15) is 0 Å². The Morgan fingerprint density at radius 3 is 2.44 bits per heavy atom. The Morgan fingerprint density at radius 1 is 1.19 bits per heavy atom. The van der Waals surface area contributed by atoms with Crippen molar-refractivity contribution < 1.29 is 14.7 Å². The topological polar surface area (TPSA) is 58.9 Å². The van der Waals surface area contributed by atoms with E-state index in [1.165, 1.54) is 12.6 Å². The Kier molecular flexibility index (Phi) is 11.2. The smallest absolute Gasteiger partial charge is 0.305 e. The zero-order chi connectivity index (χ0) is 12.1. The molecule has 0 aliphatic carbocycles. The van der Waals surface area contributed by atoms with Gasteiger partial charge in [0.2, 0.25) is 0 Å². The Balaban J connectivity index is 3.06. The standard InChI is InChI=1S/C12H23NO3/c1-2-16-12(14)10-8-6-4-3-5-7-9-11-13-15/h11,15H,2-10H2,1H3/b13-11+. The SMILES string of the molecule is CCOC(=O)CCCCCCCC/C=N/O. The van der Waals surface area contributed by atoms with Crippen molar-refractivity contribution in [3.05, 3.63) is 0 Å². The number of ether oxygens (including phenoxy) is 1. The third kappa shape index (κ3) is 11.0. The van der Waals surface area contributed by atoms with Crippen LogP contribution in [0.4, 0.5) is 0 Å². The van der Waals surface area contributed by atoms with Crippen molar-refractivity contribution in [1.29, 1.82) is 0 Å². The number of carbonyl (C=O) groups excluding carboxylic acids is 1. The summed E-state index contributed by atoms with van der Waals surface area (Å²) in [5.74, 6) is -0.0818. The first kappa shape index (κ1) is 14.9. The highest BCUT2D eigenvalue weighted by Gasteiger charge is 2.00. The molecule has 0 unspecified atom stereocenters. The van der Waals surface area contributed by atoms with Crippen molar-refractivity contribution >= 4 is 12.2 Å². The lowest BCUT2D eigenvalue weighted by Gasteiger charge is -2.01. The van der Waals surface area contributed by atoms with Gasteiger partial charge in [0, 0.05) is 12.6 Å². The summed E-state index contributed by atoms with van der Waals surface area (Å²) in [6, 6.07) is 0. The predicted molar refractivity (Wildman–Crippen MR) is 63.8 cm³/mol. The highest BCUT2D eigenvalue weighted by atomic mass is 16.5. The minimum atomic E-state index is -0.0818. The normalized spacial score (nSPS) is 10.8. The summed E-state index contributed by atoms with van der Waals surface area (Å²) >= 11 is 0. The molecule has 0 aromatic rings. The van der Waals surface area contributed by atoms with Crippen molar-refractivity contribution in [3.63, 3.8) is 0 Å². The van der Waals surface area contributed by atoms with E-state index in [1.54, 1.807) is 0 Å². The fraction of sp³-hybridized carbons (Fsp3) is 0.833. The minimum absolute atomic E-state index is 0.0818. The summed E-state index contributed by atoms with van der Waals surface area (Å²) in [6.45, 7) is 2.30. The summed E-state index contributed by atoms with van der Waals surface area (Å²) in [5, 5.41) is 11.1. The van der Waals surface area contributed by atoms with Gasteiger partial charge in [-0.25, -0.2) is 0 Å². The van der Waals surface area contributed by atoms with Crippen LogP contribution in [-0.2, 0) is 9.53 Å². The number of oxime groups is 1. The molecule has 94 valence electrons. The van der Waals surface area contributed by atoms with Gasteiger partial charge >= 0.3 is 5.97 Å². The number of carbonyl (C=O) groups is 1. The van der Waals surface area contributed by atoms with Crippen LogP contribution in [0.1, 0.15) is 58.3 Å². The molecule has 0 fully saturated rings. The highest BCUT2D eigenvalue weighted by molar-refractivity contribution is 5.69. The number of hydrogen-bond donors (Lipinski definition) is 1. The Labute approximate surface area is 97.7 Å². The average Bonchev–Trinajstić information content (AvgIpc) is 2.27. The zero-order valence-electron chi connectivity index (χ0n) is 10.2. The van der Waals surface area contributed by atoms with Crippen LogP contribution in [0.5, 0.6) is 0 Å². The highest BCUT2D eigenvalue weighted by Crippen LogP contribution is 2.08. The van der Waals surface area contributed by atoms with E-state index in [4.69, 9.17) is 9.94 Å². The van der Waals surface area contributed by atoms with Crippen molar-refractivity contribution in [1.82, 2.24) is 0 Å². The van der Waals surface area contributed by atoms with Crippen molar-refractivity contribution in [2.45, 2.75) is 58.3 Å². The second-order valence-corrected chi connectivity index (χ2v) is 3.76. The summed E-state index contributed by atoms with van der Waals surface area (Å²) < 4.78 is 4.84. The first-order chi connectivity index (χ1) is 7.81. The molecule has 4 nitrogen and oxygen atoms in total. The molecule has 0 saturated heterocycles. The summed E-state index contributed by atoms with van der Waals surface area (Å²) in [5.41, 5.74) is 0. The zero-order valence-corrected chi connectivity index (χ0v) is 10.2. The van der Waals surface area contributed by atoms with E-state index < -0.39 is 0 Å². The van der Waals surface area contributed by atoms with Gasteiger partial charge in [-0.15, -0.1) is 5.16 Å². The molecule has 0 heterocycles. The van der Waals surface area contributed by atoms with Gasteiger partial charge in [0.05, 0.1) is 6.61 Å². The third-order valence-corrected chi connectivity index (χ3v) is 2.35. The van der Waals surface area contributed by atoms with E-state index in [0.29, 0.717) is 13.0 Å². The number of unbranched alkanes of at least 4 members (excludes halogenated alkanes) is 6. The number of esters is 1. The molecule has 0 rings (SSSR count). The lowest BCUT2D eigenvalue weighted by Crippen LogP contribution is -2.03. The summed E-state index contributed by atoms with van der Waals surface area (Å²) in [6.07, 6.45) is 9.51. The monoisotopic (exact) mass is 229 g/mol. The van der Waals surface area contributed by atoms with Gasteiger partial charge in [-0.3, -0.25) is 4.79 Å². The quantitative estimate of drug-likeness (QED) is 0.206. The van der Waals surface area contributed by atoms with Crippen LogP contribution in [-0.4, -0.2) is 24.0 Å². The van der Waals surface area contributed by atoms with E-state index >= 15 is 0 Å². The number of hydrogen-bond acceptors (Lipinski definition) is 4. The average molecular weight is 229 g/mol. The van der Waals surface area contributed by atoms with Crippen LogP contribution < -0.4 is 0 Å². The Bertz CT molecular complexity index is 193. The third-order valence-electron chi connectivity index (χ3n) is 2.35. The lowest BCUT2D eigenvalue weighted by atomic mass is 10.1. The van der Waals surface area contributed by atoms with Gasteiger partial charge in [0.25, 0.3) is 0 Å². The first-order valence-corrected chi connectivity index (χ1v) is 6.12. The molecule has 0 amide bonds. The van der Waals surface area contributed by atoms with E-state index in [-0.39, 0.29) is 5.97 Å². The van der Waals surface area contributed by atoms with Crippen molar-refractivity contribution in [2.24, 2.45) is 5.16 Å². The predicted octanol–water partition coefficient (Wildman–Crippen LogP) is 3.13. The van der Waals surface area contributed by atoms with Gasteiger partial charge < -0.3 is 9.94 Å². The van der Waals surface area contributed by atoms with Crippen molar-refractivity contribution in [3.8, 4) is 0 Å². The van der Waals surface area contributed by atoms with Crippen LogP contribution in [0.25, 0.3) is 0 Å². The summed E-state index contributed by atoms with van der Waals surface area (Å²) in [7, 11) is 0. The van der Waals surface area contributed by atoms with Gasteiger partial charge in [0.15, 0.2) is 0 Å². The van der Waals surface area contributed by atoms with Crippen molar-refractivity contribution in [2.75, 3.05) is 6.61 Å². The molecule has 0 spiro atoms. The lowest BCUT2D eigenvalue weighted by molar-refractivity contribution is -0.143. The molecule has 0 aromatic heterocycles. The first-order valence-electron chi connectivity index (χ1n) is 6.12.